The van der Waals surface area contributed by atoms with Gasteiger partial charge in [-0.2, -0.15) is 5.10 Å². The molecular formula is C17H19FN4O4S. The SMILES string of the molecule is CC(=O)NC[C@H]1CN(c2ccc(C3=NNC(=O)C(C)(C)S3)c(F)c2)C(=O)O1. The Kier molecular flexibility index (Phi) is 5.09. The van der Waals surface area contributed by atoms with Crippen LogP contribution in [0.4, 0.5) is 14.9 Å². The number of hydrazone groups is 1. The van der Waals surface area contributed by atoms with Crippen LogP contribution in [-0.4, -0.2) is 46.9 Å². The molecule has 0 radical (unpaired) electrons. The summed E-state index contributed by atoms with van der Waals surface area (Å²) in [6, 6.07) is 4.33. The Morgan fingerprint density at radius 3 is 2.85 bits per heavy atom. The van der Waals surface area contributed by atoms with Crippen molar-refractivity contribution in [2.75, 3.05) is 18.0 Å². The first-order valence-electron chi connectivity index (χ1n) is 8.27. The lowest BCUT2D eigenvalue weighted by Crippen LogP contribution is -2.42. The number of nitrogens with zero attached hydrogens (tertiary/aromatic N) is 2. The van der Waals surface area contributed by atoms with Crippen molar-refractivity contribution in [1.82, 2.24) is 10.7 Å². The summed E-state index contributed by atoms with van der Waals surface area (Å²) >= 11 is 1.16. The lowest BCUT2D eigenvalue weighted by atomic mass is 10.2. The molecule has 1 aromatic carbocycles. The van der Waals surface area contributed by atoms with Crippen molar-refractivity contribution in [2.24, 2.45) is 5.10 Å². The first-order valence-corrected chi connectivity index (χ1v) is 9.08. The second kappa shape index (κ2) is 7.18. The molecule has 1 saturated heterocycles. The fourth-order valence-electron chi connectivity index (χ4n) is 2.60. The molecule has 3 rings (SSSR count). The second-order valence-corrected chi connectivity index (χ2v) is 8.30. The van der Waals surface area contributed by atoms with Crippen LogP contribution in [0.3, 0.4) is 0 Å². The Hall–Kier alpha value is -2.62. The lowest BCUT2D eigenvalue weighted by Gasteiger charge is -2.27. The van der Waals surface area contributed by atoms with E-state index in [4.69, 9.17) is 4.74 Å². The predicted molar refractivity (Wildman–Crippen MR) is 99.0 cm³/mol. The van der Waals surface area contributed by atoms with Crippen LogP contribution in [0.2, 0.25) is 0 Å². The van der Waals surface area contributed by atoms with Crippen molar-refractivity contribution in [3.63, 3.8) is 0 Å². The number of anilines is 1. The molecule has 10 heteroatoms. The van der Waals surface area contributed by atoms with Gasteiger partial charge >= 0.3 is 6.09 Å². The Morgan fingerprint density at radius 2 is 2.22 bits per heavy atom. The highest BCUT2D eigenvalue weighted by Gasteiger charge is 2.36. The van der Waals surface area contributed by atoms with Crippen LogP contribution in [0.25, 0.3) is 0 Å². The number of carbonyl (C=O) groups excluding carboxylic acids is 3. The van der Waals surface area contributed by atoms with E-state index >= 15 is 0 Å². The molecule has 8 nitrogen and oxygen atoms in total. The normalized spacial score (nSPS) is 21.4. The molecule has 144 valence electrons. The summed E-state index contributed by atoms with van der Waals surface area (Å²) in [5.74, 6) is -1.04. The van der Waals surface area contributed by atoms with E-state index in [9.17, 15) is 18.8 Å². The van der Waals surface area contributed by atoms with Crippen molar-refractivity contribution >= 4 is 40.4 Å². The van der Waals surface area contributed by atoms with Crippen LogP contribution in [-0.2, 0) is 14.3 Å². The average molecular weight is 394 g/mol. The molecule has 0 saturated carbocycles. The molecule has 0 spiro atoms. The summed E-state index contributed by atoms with van der Waals surface area (Å²) in [6.45, 7) is 5.22. The third-order valence-electron chi connectivity index (χ3n) is 4.11. The Labute approximate surface area is 159 Å². The van der Waals surface area contributed by atoms with Gasteiger partial charge in [0.15, 0.2) is 0 Å². The van der Waals surface area contributed by atoms with E-state index < -0.39 is 22.8 Å². The predicted octanol–water partition coefficient (Wildman–Crippen LogP) is 1.59. The first-order chi connectivity index (χ1) is 12.7. The van der Waals surface area contributed by atoms with Crippen molar-refractivity contribution in [3.8, 4) is 0 Å². The maximum absolute atomic E-state index is 14.7. The van der Waals surface area contributed by atoms with Gasteiger partial charge in [0.2, 0.25) is 5.91 Å². The van der Waals surface area contributed by atoms with E-state index in [0.29, 0.717) is 10.7 Å². The number of carbonyl (C=O) groups is 3. The van der Waals surface area contributed by atoms with E-state index in [1.807, 2.05) is 0 Å². The first kappa shape index (κ1) is 19.2. The molecule has 2 aliphatic rings. The fourth-order valence-corrected chi connectivity index (χ4v) is 3.59. The van der Waals surface area contributed by atoms with E-state index in [0.717, 1.165) is 11.8 Å². The highest BCUT2D eigenvalue weighted by atomic mass is 32.2. The zero-order valence-electron chi connectivity index (χ0n) is 15.0. The number of halogens is 1. The molecule has 1 atom stereocenters. The third-order valence-corrected chi connectivity index (χ3v) is 5.31. The Morgan fingerprint density at radius 1 is 1.48 bits per heavy atom. The summed E-state index contributed by atoms with van der Waals surface area (Å²) < 4.78 is 19.1. The molecule has 0 aliphatic carbocycles. The lowest BCUT2D eigenvalue weighted by molar-refractivity contribution is -0.122. The van der Waals surface area contributed by atoms with Gasteiger partial charge in [0, 0.05) is 12.5 Å². The topological polar surface area (TPSA) is 100 Å². The van der Waals surface area contributed by atoms with E-state index in [-0.39, 0.29) is 30.5 Å². The molecule has 2 aliphatic heterocycles. The second-order valence-electron chi connectivity index (χ2n) is 6.69. The third kappa shape index (κ3) is 4.05. The van der Waals surface area contributed by atoms with Gasteiger partial charge in [-0.1, -0.05) is 11.8 Å². The minimum absolute atomic E-state index is 0.195. The Balaban J connectivity index is 1.77. The van der Waals surface area contributed by atoms with Gasteiger partial charge in [0.1, 0.15) is 17.0 Å². The van der Waals surface area contributed by atoms with Gasteiger partial charge in [0.25, 0.3) is 5.91 Å². The zero-order valence-corrected chi connectivity index (χ0v) is 15.9. The Bertz CT molecular complexity index is 842. The minimum Gasteiger partial charge on any atom is -0.442 e. The molecule has 2 N–H and O–H groups in total. The molecule has 0 unspecified atom stereocenters. The summed E-state index contributed by atoms with van der Waals surface area (Å²) in [7, 11) is 0. The largest absolute Gasteiger partial charge is 0.442 e. The highest BCUT2D eigenvalue weighted by molar-refractivity contribution is 8.16. The molecule has 1 fully saturated rings. The van der Waals surface area contributed by atoms with Gasteiger partial charge < -0.3 is 10.1 Å². The zero-order chi connectivity index (χ0) is 19.8. The van der Waals surface area contributed by atoms with Crippen molar-refractivity contribution in [2.45, 2.75) is 31.6 Å². The highest BCUT2D eigenvalue weighted by Crippen LogP contribution is 2.33. The van der Waals surface area contributed by atoms with Crippen LogP contribution in [0.15, 0.2) is 23.3 Å². The van der Waals surface area contributed by atoms with Crippen molar-refractivity contribution in [3.05, 3.63) is 29.6 Å². The average Bonchev–Trinajstić information content (AvgIpc) is 2.96. The summed E-state index contributed by atoms with van der Waals surface area (Å²) in [6.07, 6.45) is -1.10. The number of thioether (sulfide) groups is 1. The van der Waals surface area contributed by atoms with Crippen LogP contribution in [0, 0.1) is 5.82 Å². The van der Waals surface area contributed by atoms with Crippen molar-refractivity contribution < 1.29 is 23.5 Å². The van der Waals surface area contributed by atoms with Crippen LogP contribution < -0.4 is 15.6 Å². The number of ether oxygens (including phenoxy) is 1. The van der Waals surface area contributed by atoms with Crippen LogP contribution in [0.5, 0.6) is 0 Å². The van der Waals surface area contributed by atoms with Crippen molar-refractivity contribution in [1.29, 1.82) is 0 Å². The minimum atomic E-state index is -0.766. The van der Waals surface area contributed by atoms with E-state index in [1.54, 1.807) is 19.9 Å². The molecule has 0 bridgehead atoms. The molecule has 1 aromatic rings. The number of hydrogen-bond donors (Lipinski definition) is 2. The number of benzene rings is 1. The fraction of sp³-hybridized carbons (Fsp3) is 0.412. The molecule has 3 amide bonds. The standard InChI is InChI=1S/C17H19FN4O4S/c1-9(23)19-7-11-8-22(16(25)26-11)10-4-5-12(13(18)6-10)14-20-21-15(24)17(2,3)27-14/h4-6,11H,7-8H2,1-3H3,(H,19,23)(H,21,24)/t11-/m0/s1. The quantitative estimate of drug-likeness (QED) is 0.808. The van der Waals surface area contributed by atoms with Crippen LogP contribution in [0.1, 0.15) is 26.3 Å². The van der Waals surface area contributed by atoms with Gasteiger partial charge in [-0.15, -0.1) is 0 Å². The number of hydrogen-bond acceptors (Lipinski definition) is 6. The summed E-state index contributed by atoms with van der Waals surface area (Å²) in [5.41, 5.74) is 2.98. The maximum Gasteiger partial charge on any atom is 0.414 e. The van der Waals surface area contributed by atoms with Gasteiger partial charge in [-0.25, -0.2) is 14.6 Å². The smallest absolute Gasteiger partial charge is 0.414 e. The van der Waals surface area contributed by atoms with Gasteiger partial charge in [-0.05, 0) is 32.0 Å². The number of amides is 3. The molecule has 0 aromatic heterocycles. The monoisotopic (exact) mass is 394 g/mol. The maximum atomic E-state index is 14.7. The molecule has 27 heavy (non-hydrogen) atoms. The van der Waals surface area contributed by atoms with Gasteiger partial charge in [-0.3, -0.25) is 14.5 Å². The van der Waals surface area contributed by atoms with E-state index in [2.05, 4.69) is 15.8 Å². The number of cyclic esters (lactones) is 1. The number of nitrogens with one attached hydrogen (secondary N) is 2. The molecule has 2 heterocycles. The van der Waals surface area contributed by atoms with Crippen LogP contribution >= 0.6 is 11.8 Å². The molecular weight excluding hydrogens is 375 g/mol. The summed E-state index contributed by atoms with van der Waals surface area (Å²) in [4.78, 5) is 36.1. The summed E-state index contributed by atoms with van der Waals surface area (Å²) in [5, 5.41) is 6.87. The van der Waals surface area contributed by atoms with Gasteiger partial charge in [0.05, 0.1) is 23.5 Å². The van der Waals surface area contributed by atoms with E-state index in [1.165, 1.54) is 24.0 Å². The number of rotatable bonds is 4.